The van der Waals surface area contributed by atoms with Gasteiger partial charge >= 0.3 is 17.9 Å². The highest BCUT2D eigenvalue weighted by molar-refractivity contribution is 5.71. The van der Waals surface area contributed by atoms with Gasteiger partial charge in [-0.25, -0.2) is 0 Å². The zero-order valence-electron chi connectivity index (χ0n) is 41.4. The second-order valence-corrected chi connectivity index (χ2v) is 16.5. The van der Waals surface area contributed by atoms with Crippen LogP contribution in [0.4, 0.5) is 0 Å². The summed E-state index contributed by atoms with van der Waals surface area (Å²) in [5.41, 5.74) is 0. The van der Waals surface area contributed by atoms with E-state index in [-0.39, 0.29) is 44.0 Å². The van der Waals surface area contributed by atoms with Gasteiger partial charge in [-0.3, -0.25) is 14.4 Å². The zero-order chi connectivity index (χ0) is 47.2. The average Bonchev–Trinajstić information content (AvgIpc) is 3.30. The number of rotatable bonds is 44. The van der Waals surface area contributed by atoms with Crippen molar-refractivity contribution in [3.05, 3.63) is 134 Å². The molecule has 0 aromatic heterocycles. The molecule has 0 amide bonds. The molecule has 0 aliphatic heterocycles. The van der Waals surface area contributed by atoms with Gasteiger partial charge in [-0.05, 0) is 103 Å². The lowest BCUT2D eigenvalue weighted by atomic mass is 10.1. The molecule has 364 valence electrons. The number of esters is 3. The van der Waals surface area contributed by atoms with Crippen LogP contribution in [0.25, 0.3) is 0 Å². The summed E-state index contributed by atoms with van der Waals surface area (Å²) < 4.78 is 16.7. The molecule has 0 radical (unpaired) electrons. The van der Waals surface area contributed by atoms with Gasteiger partial charge in [-0.1, -0.05) is 212 Å². The van der Waals surface area contributed by atoms with Crippen molar-refractivity contribution in [2.24, 2.45) is 0 Å². The molecular formula is C59H92O6. The number of hydrogen-bond acceptors (Lipinski definition) is 6. The highest BCUT2D eigenvalue weighted by Crippen LogP contribution is 2.11. The maximum atomic E-state index is 12.8. The number of ether oxygens (including phenoxy) is 3. The van der Waals surface area contributed by atoms with Crippen molar-refractivity contribution < 1.29 is 28.6 Å². The minimum atomic E-state index is -0.836. The van der Waals surface area contributed by atoms with E-state index in [0.717, 1.165) is 83.5 Å². The first kappa shape index (κ1) is 60.5. The van der Waals surface area contributed by atoms with Crippen LogP contribution >= 0.6 is 0 Å². The van der Waals surface area contributed by atoms with Gasteiger partial charge < -0.3 is 14.2 Å². The van der Waals surface area contributed by atoms with Crippen LogP contribution in [0.1, 0.15) is 201 Å². The van der Waals surface area contributed by atoms with E-state index in [0.29, 0.717) is 19.3 Å². The molecule has 0 bridgehead atoms. The molecule has 0 aliphatic carbocycles. The Morgan fingerprint density at radius 2 is 0.677 bits per heavy atom. The number of unbranched alkanes of at least 4 members (excludes halogenated alkanes) is 16. The number of hydrogen-bond donors (Lipinski definition) is 0. The van der Waals surface area contributed by atoms with E-state index in [9.17, 15) is 14.4 Å². The lowest BCUT2D eigenvalue weighted by Crippen LogP contribution is -2.30. The Hall–Kier alpha value is -4.45. The van der Waals surface area contributed by atoms with Crippen molar-refractivity contribution in [1.29, 1.82) is 0 Å². The van der Waals surface area contributed by atoms with Crippen LogP contribution in [-0.4, -0.2) is 37.2 Å². The van der Waals surface area contributed by atoms with Gasteiger partial charge in [-0.15, -0.1) is 0 Å². The molecule has 0 spiro atoms. The van der Waals surface area contributed by atoms with Crippen LogP contribution < -0.4 is 0 Å². The van der Waals surface area contributed by atoms with Crippen LogP contribution in [0.15, 0.2) is 134 Å². The molecule has 6 heteroatoms. The third kappa shape index (κ3) is 50.4. The molecular weight excluding hydrogens is 805 g/mol. The van der Waals surface area contributed by atoms with E-state index in [1.807, 2.05) is 60.8 Å². The monoisotopic (exact) mass is 897 g/mol. The third-order valence-electron chi connectivity index (χ3n) is 10.3. The Bertz CT molecular complexity index is 1450. The van der Waals surface area contributed by atoms with Gasteiger partial charge in [0, 0.05) is 19.3 Å². The lowest BCUT2D eigenvalue weighted by Gasteiger charge is -2.18. The smallest absolute Gasteiger partial charge is 0.306 e. The van der Waals surface area contributed by atoms with E-state index in [2.05, 4.69) is 93.7 Å². The Kier molecular flexibility index (Phi) is 48.6. The SMILES string of the molecule is CC\C=C/C=C\C=C/C=C\C=C\C=C/CCCCCC(=O)OCC(COC(=O)CCCCC/C=C\CCCCCCCC)OC(=O)CCC/C=C\C/C=C\C/C=C\C/C=C\CCCCC. The van der Waals surface area contributed by atoms with Crippen molar-refractivity contribution >= 4 is 17.9 Å². The van der Waals surface area contributed by atoms with Crippen LogP contribution in [0.3, 0.4) is 0 Å². The van der Waals surface area contributed by atoms with E-state index >= 15 is 0 Å². The number of allylic oxidation sites excluding steroid dienone is 22. The largest absolute Gasteiger partial charge is 0.462 e. The number of carbonyl (C=O) groups is 3. The normalized spacial score (nSPS) is 13.2. The molecule has 0 N–H and O–H groups in total. The minimum absolute atomic E-state index is 0.127. The molecule has 1 atom stereocenters. The predicted molar refractivity (Wildman–Crippen MR) is 279 cm³/mol. The first-order valence-corrected chi connectivity index (χ1v) is 25.8. The summed E-state index contributed by atoms with van der Waals surface area (Å²) >= 11 is 0. The Morgan fingerprint density at radius 3 is 1.17 bits per heavy atom. The van der Waals surface area contributed by atoms with Crippen molar-refractivity contribution in [3.63, 3.8) is 0 Å². The van der Waals surface area contributed by atoms with Gasteiger partial charge in [0.25, 0.3) is 0 Å². The summed E-state index contributed by atoms with van der Waals surface area (Å²) in [7, 11) is 0. The fourth-order valence-electron chi connectivity index (χ4n) is 6.40. The van der Waals surface area contributed by atoms with Gasteiger partial charge in [0.15, 0.2) is 6.10 Å². The Morgan fingerprint density at radius 1 is 0.338 bits per heavy atom. The Labute approximate surface area is 398 Å². The van der Waals surface area contributed by atoms with Crippen molar-refractivity contribution in [1.82, 2.24) is 0 Å². The molecule has 0 fully saturated rings. The van der Waals surface area contributed by atoms with Crippen LogP contribution in [0.2, 0.25) is 0 Å². The Balaban J connectivity index is 4.62. The van der Waals surface area contributed by atoms with Gasteiger partial charge in [0.2, 0.25) is 0 Å². The van der Waals surface area contributed by atoms with E-state index in [1.165, 1.54) is 64.2 Å². The zero-order valence-corrected chi connectivity index (χ0v) is 41.4. The summed E-state index contributed by atoms with van der Waals surface area (Å²) in [6, 6.07) is 0. The molecule has 65 heavy (non-hydrogen) atoms. The van der Waals surface area contributed by atoms with E-state index in [4.69, 9.17) is 14.2 Å². The maximum absolute atomic E-state index is 12.8. The van der Waals surface area contributed by atoms with Crippen LogP contribution in [0, 0.1) is 0 Å². The van der Waals surface area contributed by atoms with Gasteiger partial charge in [0.05, 0.1) is 0 Å². The van der Waals surface area contributed by atoms with Crippen LogP contribution in [0.5, 0.6) is 0 Å². The summed E-state index contributed by atoms with van der Waals surface area (Å²) in [4.78, 5) is 38.0. The maximum Gasteiger partial charge on any atom is 0.306 e. The standard InChI is InChI=1S/C59H92O6/c1-4-7-10-13-16-19-22-25-27-29-31-34-37-40-43-46-49-52-58(61)64-55-56(54-63-57(60)51-48-45-42-39-36-33-24-21-18-15-12-9-6-3)65-59(62)53-50-47-44-41-38-35-32-30-28-26-23-20-17-14-11-8-5-2/h7,10,13,16-17,19-20,22,25-29,31-37,41,44,56H,4-6,8-9,11-12,14-15,18,21,23-24,30,38-40,42-43,45-55H2,1-3H3/b10-7-,16-13-,20-17-,22-19-,27-25-,28-26-,31-29+,35-32-,36-33-,37-34-,44-41-. The van der Waals surface area contributed by atoms with Crippen molar-refractivity contribution in [2.75, 3.05) is 13.2 Å². The minimum Gasteiger partial charge on any atom is -0.462 e. The van der Waals surface area contributed by atoms with Gasteiger partial charge in [-0.2, -0.15) is 0 Å². The lowest BCUT2D eigenvalue weighted by molar-refractivity contribution is -0.167. The van der Waals surface area contributed by atoms with Gasteiger partial charge in [0.1, 0.15) is 13.2 Å². The molecule has 0 aliphatic rings. The second-order valence-electron chi connectivity index (χ2n) is 16.5. The van der Waals surface area contributed by atoms with Crippen molar-refractivity contribution in [2.45, 2.75) is 207 Å². The summed E-state index contributed by atoms with van der Waals surface area (Å²) in [5, 5.41) is 0. The molecule has 0 saturated carbocycles. The molecule has 0 aromatic rings. The molecule has 0 heterocycles. The molecule has 1 unspecified atom stereocenters. The van der Waals surface area contributed by atoms with E-state index in [1.54, 1.807) is 0 Å². The van der Waals surface area contributed by atoms with Crippen LogP contribution in [-0.2, 0) is 28.6 Å². The van der Waals surface area contributed by atoms with Crippen molar-refractivity contribution in [3.8, 4) is 0 Å². The molecule has 6 nitrogen and oxygen atoms in total. The molecule has 0 rings (SSSR count). The first-order chi connectivity index (χ1) is 32.0. The summed E-state index contributed by atoms with van der Waals surface area (Å²) in [5.74, 6) is -1.05. The third-order valence-corrected chi connectivity index (χ3v) is 10.3. The molecule has 0 saturated heterocycles. The quantitative estimate of drug-likeness (QED) is 0.0199. The highest BCUT2D eigenvalue weighted by Gasteiger charge is 2.19. The topological polar surface area (TPSA) is 78.9 Å². The summed E-state index contributed by atoms with van der Waals surface area (Å²) in [6.07, 6.45) is 72.9. The average molecular weight is 897 g/mol. The first-order valence-electron chi connectivity index (χ1n) is 25.8. The highest BCUT2D eigenvalue weighted by atomic mass is 16.6. The fourth-order valence-corrected chi connectivity index (χ4v) is 6.40. The molecule has 0 aromatic carbocycles. The van der Waals surface area contributed by atoms with E-state index < -0.39 is 6.10 Å². The predicted octanol–water partition coefficient (Wildman–Crippen LogP) is 17.1. The second kappa shape index (κ2) is 52.2. The number of carbonyl (C=O) groups excluding carboxylic acids is 3. The summed E-state index contributed by atoms with van der Waals surface area (Å²) in [6.45, 7) is 6.33. The fraction of sp³-hybridized carbons (Fsp3) is 0.576.